The normalized spacial score (nSPS) is 11.1. The number of alkyl halides is 3. The molecule has 0 radical (unpaired) electrons. The first-order valence-corrected chi connectivity index (χ1v) is 4.23. The van der Waals surface area contributed by atoms with Crippen LogP contribution in [0.25, 0.3) is 0 Å². The molecular formula is C10H9F3O2. The Bertz CT molecular complexity index is 334. The molecular weight excluding hydrogens is 209 g/mol. The fourth-order valence-electron chi connectivity index (χ4n) is 1.02. The van der Waals surface area contributed by atoms with Gasteiger partial charge < -0.3 is 9.53 Å². The lowest BCUT2D eigenvalue weighted by atomic mass is 10.2. The summed E-state index contributed by atoms with van der Waals surface area (Å²) >= 11 is 0. The minimum absolute atomic E-state index is 0.117. The van der Waals surface area contributed by atoms with Crippen molar-refractivity contribution in [1.82, 2.24) is 0 Å². The number of aldehydes is 1. The van der Waals surface area contributed by atoms with Crippen molar-refractivity contribution < 1.29 is 22.7 Å². The van der Waals surface area contributed by atoms with E-state index in [0.717, 1.165) is 0 Å². The number of halogens is 3. The first-order valence-electron chi connectivity index (χ1n) is 4.23. The fourth-order valence-corrected chi connectivity index (χ4v) is 1.02. The molecule has 82 valence electrons. The molecule has 0 fully saturated rings. The lowest BCUT2D eigenvalue weighted by Gasteiger charge is -2.09. The number of carbonyl (C=O) groups excluding carboxylic acids is 1. The van der Waals surface area contributed by atoms with Crippen LogP contribution in [-0.4, -0.2) is 19.1 Å². The molecule has 0 N–H and O–H groups in total. The van der Waals surface area contributed by atoms with Gasteiger partial charge >= 0.3 is 6.18 Å². The van der Waals surface area contributed by atoms with Gasteiger partial charge in [-0.1, -0.05) is 12.1 Å². The van der Waals surface area contributed by atoms with Gasteiger partial charge in [0, 0.05) is 6.42 Å². The number of carbonyl (C=O) groups is 1. The molecule has 0 unspecified atom stereocenters. The Labute approximate surface area is 84.7 Å². The van der Waals surface area contributed by atoms with Crippen LogP contribution in [0.1, 0.15) is 5.56 Å². The summed E-state index contributed by atoms with van der Waals surface area (Å²) in [6, 6.07) is 6.03. The Morgan fingerprint density at radius 1 is 1.33 bits per heavy atom. The van der Waals surface area contributed by atoms with E-state index >= 15 is 0 Å². The highest BCUT2D eigenvalue weighted by atomic mass is 19.4. The molecule has 15 heavy (non-hydrogen) atoms. The van der Waals surface area contributed by atoms with Gasteiger partial charge in [0.15, 0.2) is 6.61 Å². The Kier molecular flexibility index (Phi) is 3.71. The van der Waals surface area contributed by atoms with Gasteiger partial charge in [0.25, 0.3) is 0 Å². The third-order valence-electron chi connectivity index (χ3n) is 1.62. The second-order valence-corrected chi connectivity index (χ2v) is 2.92. The summed E-state index contributed by atoms with van der Waals surface area (Å²) in [5.41, 5.74) is 0.629. The van der Waals surface area contributed by atoms with Crippen LogP contribution in [0.3, 0.4) is 0 Å². The topological polar surface area (TPSA) is 26.3 Å². The molecule has 5 heteroatoms. The predicted octanol–water partition coefficient (Wildman–Crippen LogP) is 2.37. The maximum Gasteiger partial charge on any atom is 0.422 e. The quantitative estimate of drug-likeness (QED) is 0.725. The maximum atomic E-state index is 11.8. The molecule has 1 aromatic rings. The van der Waals surface area contributed by atoms with Gasteiger partial charge in [-0.2, -0.15) is 13.2 Å². The van der Waals surface area contributed by atoms with E-state index in [4.69, 9.17) is 0 Å². The minimum Gasteiger partial charge on any atom is -0.484 e. The van der Waals surface area contributed by atoms with E-state index in [0.29, 0.717) is 11.8 Å². The van der Waals surface area contributed by atoms with Crippen LogP contribution >= 0.6 is 0 Å². The molecule has 0 atom stereocenters. The molecule has 0 spiro atoms. The van der Waals surface area contributed by atoms with Gasteiger partial charge in [-0.3, -0.25) is 0 Å². The van der Waals surface area contributed by atoms with Gasteiger partial charge in [0.05, 0.1) is 0 Å². The number of ether oxygens (including phenoxy) is 1. The van der Waals surface area contributed by atoms with E-state index in [2.05, 4.69) is 4.74 Å². The Balaban J connectivity index is 2.61. The third-order valence-corrected chi connectivity index (χ3v) is 1.62. The van der Waals surface area contributed by atoms with E-state index in [1.807, 2.05) is 0 Å². The predicted molar refractivity (Wildman–Crippen MR) is 47.8 cm³/mol. The van der Waals surface area contributed by atoms with Gasteiger partial charge in [0.2, 0.25) is 0 Å². The van der Waals surface area contributed by atoms with E-state index < -0.39 is 12.8 Å². The summed E-state index contributed by atoms with van der Waals surface area (Å²) in [7, 11) is 0. The number of rotatable bonds is 4. The standard InChI is InChI=1S/C10H9F3O2/c11-10(12,13)7-15-9-3-1-2-8(6-9)4-5-14/h1-3,5-6H,4,7H2. The summed E-state index contributed by atoms with van der Waals surface area (Å²) < 4.78 is 39.9. The van der Waals surface area contributed by atoms with Crippen LogP contribution < -0.4 is 4.74 Å². The Morgan fingerprint density at radius 3 is 2.67 bits per heavy atom. The first kappa shape index (κ1) is 11.6. The van der Waals surface area contributed by atoms with Crippen LogP contribution in [0.15, 0.2) is 24.3 Å². The van der Waals surface area contributed by atoms with Crippen LogP contribution in [0.5, 0.6) is 5.75 Å². The molecule has 0 aliphatic carbocycles. The average molecular weight is 218 g/mol. The SMILES string of the molecule is O=CCc1cccc(OCC(F)(F)F)c1. The highest BCUT2D eigenvalue weighted by Crippen LogP contribution is 2.19. The van der Waals surface area contributed by atoms with Crippen molar-refractivity contribution in [3.8, 4) is 5.75 Å². The van der Waals surface area contributed by atoms with Crippen molar-refractivity contribution in [1.29, 1.82) is 0 Å². The van der Waals surface area contributed by atoms with Gasteiger partial charge in [-0.15, -0.1) is 0 Å². The second kappa shape index (κ2) is 4.82. The molecule has 1 aromatic carbocycles. The van der Waals surface area contributed by atoms with Gasteiger partial charge in [0.1, 0.15) is 12.0 Å². The number of hydrogen-bond donors (Lipinski definition) is 0. The van der Waals surface area contributed by atoms with E-state index in [1.165, 1.54) is 12.1 Å². The summed E-state index contributed by atoms with van der Waals surface area (Å²) in [6.07, 6.45) is -3.49. The zero-order valence-corrected chi connectivity index (χ0v) is 7.75. The molecule has 0 aliphatic heterocycles. The maximum absolute atomic E-state index is 11.8. The highest BCUT2D eigenvalue weighted by molar-refractivity contribution is 5.55. The highest BCUT2D eigenvalue weighted by Gasteiger charge is 2.28. The molecule has 0 amide bonds. The summed E-state index contributed by atoms with van der Waals surface area (Å²) in [5.74, 6) is 0.117. The number of benzene rings is 1. The lowest BCUT2D eigenvalue weighted by Crippen LogP contribution is -2.19. The zero-order valence-electron chi connectivity index (χ0n) is 7.75. The van der Waals surface area contributed by atoms with Crippen molar-refractivity contribution >= 4 is 6.29 Å². The fraction of sp³-hybridized carbons (Fsp3) is 0.300. The summed E-state index contributed by atoms with van der Waals surface area (Å²) in [6.45, 7) is -1.32. The van der Waals surface area contributed by atoms with Crippen LogP contribution in [-0.2, 0) is 11.2 Å². The molecule has 0 aromatic heterocycles. The van der Waals surface area contributed by atoms with Crippen molar-refractivity contribution in [3.63, 3.8) is 0 Å². The zero-order chi connectivity index (χ0) is 11.3. The summed E-state index contributed by atoms with van der Waals surface area (Å²) in [5, 5.41) is 0. The molecule has 0 saturated carbocycles. The van der Waals surface area contributed by atoms with Gasteiger partial charge in [-0.25, -0.2) is 0 Å². The van der Waals surface area contributed by atoms with Crippen molar-refractivity contribution in [3.05, 3.63) is 29.8 Å². The third kappa shape index (κ3) is 4.49. The molecule has 0 saturated heterocycles. The molecule has 1 rings (SSSR count). The summed E-state index contributed by atoms with van der Waals surface area (Å²) in [4.78, 5) is 10.2. The lowest BCUT2D eigenvalue weighted by molar-refractivity contribution is -0.153. The molecule has 0 heterocycles. The van der Waals surface area contributed by atoms with Crippen molar-refractivity contribution in [2.24, 2.45) is 0 Å². The van der Waals surface area contributed by atoms with E-state index in [-0.39, 0.29) is 12.2 Å². The smallest absolute Gasteiger partial charge is 0.422 e. The van der Waals surface area contributed by atoms with Crippen LogP contribution in [0.2, 0.25) is 0 Å². The second-order valence-electron chi connectivity index (χ2n) is 2.92. The largest absolute Gasteiger partial charge is 0.484 e. The van der Waals surface area contributed by atoms with Crippen LogP contribution in [0, 0.1) is 0 Å². The van der Waals surface area contributed by atoms with E-state index in [9.17, 15) is 18.0 Å². The number of hydrogen-bond acceptors (Lipinski definition) is 2. The monoisotopic (exact) mass is 218 g/mol. The minimum atomic E-state index is -4.35. The van der Waals surface area contributed by atoms with E-state index in [1.54, 1.807) is 12.1 Å². The molecule has 0 aliphatic rings. The molecule has 2 nitrogen and oxygen atoms in total. The average Bonchev–Trinajstić information content (AvgIpc) is 2.15. The first-order chi connectivity index (χ1) is 7.01. The Hall–Kier alpha value is -1.52. The van der Waals surface area contributed by atoms with Crippen LogP contribution in [0.4, 0.5) is 13.2 Å². The molecule has 0 bridgehead atoms. The van der Waals surface area contributed by atoms with Crippen molar-refractivity contribution in [2.75, 3.05) is 6.61 Å². The van der Waals surface area contributed by atoms with Gasteiger partial charge in [-0.05, 0) is 17.7 Å². The Morgan fingerprint density at radius 2 is 2.07 bits per heavy atom. The van der Waals surface area contributed by atoms with Crippen molar-refractivity contribution in [2.45, 2.75) is 12.6 Å².